The number of benzene rings is 2. The number of rotatable bonds is 9. The molecule has 2 atom stereocenters. The van der Waals surface area contributed by atoms with E-state index in [0.717, 1.165) is 36.8 Å². The highest BCUT2D eigenvalue weighted by Crippen LogP contribution is 2.31. The van der Waals surface area contributed by atoms with Crippen molar-refractivity contribution in [3.05, 3.63) is 69.2 Å². The fourth-order valence-corrected chi connectivity index (χ4v) is 4.25. The average molecular weight is 453 g/mol. The lowest BCUT2D eigenvalue weighted by Crippen LogP contribution is -2.35. The van der Waals surface area contributed by atoms with Gasteiger partial charge in [0.1, 0.15) is 5.92 Å². The minimum absolute atomic E-state index is 0.279. The Kier molecular flexibility index (Phi) is 7.82. The van der Waals surface area contributed by atoms with E-state index in [1.165, 1.54) is 5.56 Å². The standard InChI is InChI=1S/C22H24Cl3N3O/c23-11-3-1-2-4-14-5-7-15(8-6-14)21-20(22(26)29)19(27-28-21)12-16-9-10-17(24)13-18(16)25/h5-10,13,20-21,28H,1-4,11-12H2,(H2,26,29). The Balaban J connectivity index is 1.70. The van der Waals surface area contributed by atoms with E-state index in [1.807, 2.05) is 18.2 Å². The number of nitrogens with one attached hydrogen (secondary N) is 1. The number of hydrazone groups is 1. The Labute approximate surface area is 186 Å². The van der Waals surface area contributed by atoms with Gasteiger partial charge in [-0.2, -0.15) is 5.10 Å². The van der Waals surface area contributed by atoms with Gasteiger partial charge in [-0.1, -0.05) is 60.0 Å². The van der Waals surface area contributed by atoms with Gasteiger partial charge >= 0.3 is 0 Å². The molecule has 3 rings (SSSR count). The molecule has 7 heteroatoms. The zero-order valence-corrected chi connectivity index (χ0v) is 18.3. The third-order valence-corrected chi connectivity index (χ3v) is 6.02. The number of primary amides is 1. The van der Waals surface area contributed by atoms with E-state index in [1.54, 1.807) is 12.1 Å². The topological polar surface area (TPSA) is 67.5 Å². The first-order chi connectivity index (χ1) is 14.0. The number of nitrogens with two attached hydrogens (primary N) is 1. The third-order valence-electron chi connectivity index (χ3n) is 5.17. The predicted octanol–water partition coefficient (Wildman–Crippen LogP) is 5.29. The zero-order chi connectivity index (χ0) is 20.8. The molecule has 0 spiro atoms. The molecule has 1 aliphatic heterocycles. The maximum atomic E-state index is 12.2. The van der Waals surface area contributed by atoms with Crippen molar-refractivity contribution < 1.29 is 4.79 Å². The number of hydrogen-bond donors (Lipinski definition) is 2. The highest BCUT2D eigenvalue weighted by atomic mass is 35.5. The maximum absolute atomic E-state index is 12.2. The van der Waals surface area contributed by atoms with E-state index >= 15 is 0 Å². The predicted molar refractivity (Wildman–Crippen MR) is 121 cm³/mol. The first kappa shape index (κ1) is 21.9. The number of carbonyl (C=O) groups excluding carboxylic acids is 1. The van der Waals surface area contributed by atoms with Crippen LogP contribution in [0.4, 0.5) is 0 Å². The van der Waals surface area contributed by atoms with E-state index in [4.69, 9.17) is 40.5 Å². The van der Waals surface area contributed by atoms with Crippen molar-refractivity contribution in [3.8, 4) is 0 Å². The van der Waals surface area contributed by atoms with Crippen LogP contribution in [0.2, 0.25) is 10.0 Å². The van der Waals surface area contributed by atoms with Gasteiger partial charge in [-0.05, 0) is 48.1 Å². The summed E-state index contributed by atoms with van der Waals surface area (Å²) in [6.07, 6.45) is 4.75. The van der Waals surface area contributed by atoms with Crippen LogP contribution in [0.3, 0.4) is 0 Å². The van der Waals surface area contributed by atoms with Crippen molar-refractivity contribution in [3.63, 3.8) is 0 Å². The number of nitrogens with zero attached hydrogens (tertiary/aromatic N) is 1. The van der Waals surface area contributed by atoms with Crippen LogP contribution in [-0.4, -0.2) is 17.5 Å². The van der Waals surface area contributed by atoms with Crippen molar-refractivity contribution in [1.29, 1.82) is 0 Å². The molecule has 4 nitrogen and oxygen atoms in total. The molecule has 1 amide bonds. The Morgan fingerprint density at radius 1 is 1.07 bits per heavy atom. The summed E-state index contributed by atoms with van der Waals surface area (Å²) < 4.78 is 0. The molecule has 0 aliphatic carbocycles. The highest BCUT2D eigenvalue weighted by Gasteiger charge is 2.37. The molecule has 0 aromatic heterocycles. The number of carbonyl (C=O) groups is 1. The molecule has 1 aliphatic rings. The third kappa shape index (κ3) is 5.65. The Morgan fingerprint density at radius 3 is 2.48 bits per heavy atom. The summed E-state index contributed by atoms with van der Waals surface area (Å²) in [6.45, 7) is 0. The van der Waals surface area contributed by atoms with Gasteiger partial charge in [0.25, 0.3) is 0 Å². The lowest BCUT2D eigenvalue weighted by Gasteiger charge is -2.19. The van der Waals surface area contributed by atoms with Crippen LogP contribution in [0, 0.1) is 5.92 Å². The molecule has 154 valence electrons. The lowest BCUT2D eigenvalue weighted by molar-refractivity contribution is -0.120. The van der Waals surface area contributed by atoms with Crippen LogP contribution in [-0.2, 0) is 17.6 Å². The summed E-state index contributed by atoms with van der Waals surface area (Å²) in [5, 5.41) is 5.52. The van der Waals surface area contributed by atoms with Crippen LogP contribution in [0.5, 0.6) is 0 Å². The van der Waals surface area contributed by atoms with E-state index in [2.05, 4.69) is 22.7 Å². The van der Waals surface area contributed by atoms with E-state index in [9.17, 15) is 4.79 Å². The lowest BCUT2D eigenvalue weighted by atomic mass is 9.87. The summed E-state index contributed by atoms with van der Waals surface area (Å²) in [5.41, 5.74) is 12.6. The molecule has 2 aromatic rings. The molecule has 0 saturated heterocycles. The van der Waals surface area contributed by atoms with Crippen LogP contribution in [0.1, 0.15) is 42.0 Å². The largest absolute Gasteiger partial charge is 0.369 e. The number of halogens is 3. The first-order valence-electron chi connectivity index (χ1n) is 9.69. The van der Waals surface area contributed by atoms with Crippen molar-refractivity contribution in [2.24, 2.45) is 16.8 Å². The summed E-state index contributed by atoms with van der Waals surface area (Å²) in [6, 6.07) is 13.3. The summed E-state index contributed by atoms with van der Waals surface area (Å²) in [4.78, 5) is 12.2. The van der Waals surface area contributed by atoms with Crippen molar-refractivity contribution >= 4 is 46.4 Å². The van der Waals surface area contributed by atoms with E-state index in [0.29, 0.717) is 28.1 Å². The van der Waals surface area contributed by atoms with Crippen molar-refractivity contribution in [2.75, 3.05) is 5.88 Å². The van der Waals surface area contributed by atoms with Gasteiger partial charge in [-0.15, -0.1) is 11.6 Å². The molecule has 0 bridgehead atoms. The van der Waals surface area contributed by atoms with E-state index in [-0.39, 0.29) is 6.04 Å². The number of alkyl halides is 1. The van der Waals surface area contributed by atoms with Crippen LogP contribution >= 0.6 is 34.8 Å². The molecule has 1 heterocycles. The number of amides is 1. The SMILES string of the molecule is NC(=O)C1C(Cc2ccc(Cl)cc2Cl)=NNC1c1ccc(CCCCCCl)cc1. The fourth-order valence-electron chi connectivity index (χ4n) is 3.59. The molecule has 0 saturated carbocycles. The Morgan fingerprint density at radius 2 is 1.83 bits per heavy atom. The van der Waals surface area contributed by atoms with Gasteiger partial charge in [0.2, 0.25) is 5.91 Å². The number of unbranched alkanes of at least 4 members (excludes halogenated alkanes) is 2. The molecular weight excluding hydrogens is 429 g/mol. The summed E-state index contributed by atoms with van der Waals surface area (Å²) in [7, 11) is 0. The molecule has 0 fully saturated rings. The van der Waals surface area contributed by atoms with Crippen LogP contribution < -0.4 is 11.2 Å². The van der Waals surface area contributed by atoms with Gasteiger partial charge in [0.05, 0.1) is 11.8 Å². The smallest absolute Gasteiger partial charge is 0.228 e. The normalized spacial score (nSPS) is 18.4. The molecule has 29 heavy (non-hydrogen) atoms. The minimum atomic E-state index is -0.531. The molecule has 2 aromatic carbocycles. The number of hydrogen-bond acceptors (Lipinski definition) is 3. The summed E-state index contributed by atoms with van der Waals surface area (Å²) >= 11 is 18.0. The van der Waals surface area contributed by atoms with Gasteiger partial charge in [-0.25, -0.2) is 0 Å². The number of aryl methyl sites for hydroxylation is 1. The molecule has 0 radical (unpaired) electrons. The fraction of sp³-hybridized carbons (Fsp3) is 0.364. The minimum Gasteiger partial charge on any atom is -0.369 e. The Bertz CT molecular complexity index is 883. The second kappa shape index (κ2) is 10.3. The van der Waals surface area contributed by atoms with Crippen molar-refractivity contribution in [2.45, 2.75) is 38.1 Å². The molecule has 3 N–H and O–H groups in total. The monoisotopic (exact) mass is 451 g/mol. The van der Waals surface area contributed by atoms with Gasteiger partial charge < -0.3 is 11.2 Å². The van der Waals surface area contributed by atoms with Gasteiger partial charge in [-0.3, -0.25) is 4.79 Å². The summed E-state index contributed by atoms with van der Waals surface area (Å²) in [5.74, 6) is -0.227. The van der Waals surface area contributed by atoms with Gasteiger partial charge in [0, 0.05) is 22.3 Å². The average Bonchev–Trinajstić information content (AvgIpc) is 3.12. The zero-order valence-electron chi connectivity index (χ0n) is 16.0. The van der Waals surface area contributed by atoms with Crippen LogP contribution in [0.15, 0.2) is 47.6 Å². The second-order valence-corrected chi connectivity index (χ2v) is 8.47. The second-order valence-electron chi connectivity index (χ2n) is 7.24. The Hall–Kier alpha value is -1.75. The molecular formula is C22H24Cl3N3O. The maximum Gasteiger partial charge on any atom is 0.228 e. The van der Waals surface area contributed by atoms with Crippen molar-refractivity contribution in [1.82, 2.24) is 5.43 Å². The quantitative estimate of drug-likeness (QED) is 0.401. The van der Waals surface area contributed by atoms with Gasteiger partial charge in [0.15, 0.2) is 0 Å². The highest BCUT2D eigenvalue weighted by molar-refractivity contribution is 6.35. The first-order valence-corrected chi connectivity index (χ1v) is 11.0. The van der Waals surface area contributed by atoms with E-state index < -0.39 is 11.8 Å². The molecule has 2 unspecified atom stereocenters. The van der Waals surface area contributed by atoms with Crippen LogP contribution in [0.25, 0.3) is 0 Å².